The van der Waals surface area contributed by atoms with Crippen LogP contribution in [0.15, 0.2) is 23.1 Å². The van der Waals surface area contributed by atoms with E-state index in [0.717, 1.165) is 16.7 Å². The molecule has 1 aliphatic heterocycles. The molecular weight excluding hydrogens is 364 g/mol. The Morgan fingerprint density at radius 3 is 2.75 bits per heavy atom. The number of amides is 1. The Morgan fingerprint density at radius 1 is 1.46 bits per heavy atom. The lowest BCUT2D eigenvalue weighted by Gasteiger charge is -2.11. The largest absolute Gasteiger partial charge is 0.493 e. The van der Waals surface area contributed by atoms with E-state index in [4.69, 9.17) is 22.1 Å². The Labute approximate surface area is 145 Å². The Kier molecular flexibility index (Phi) is 5.73. The number of hydrogen-bond donors (Lipinski definition) is 1. The van der Waals surface area contributed by atoms with Crippen LogP contribution in [0.2, 0.25) is 0 Å². The molecule has 1 heterocycles. The maximum Gasteiger partial charge on any atom is 0.387 e. The first kappa shape index (κ1) is 18.1. The molecule has 0 radical (unpaired) electrons. The van der Waals surface area contributed by atoms with Crippen molar-refractivity contribution in [3.63, 3.8) is 0 Å². The van der Waals surface area contributed by atoms with E-state index in [2.05, 4.69) is 4.74 Å². The zero-order chi connectivity index (χ0) is 17.9. The second kappa shape index (κ2) is 7.58. The maximum absolute atomic E-state index is 12.4. The van der Waals surface area contributed by atoms with Gasteiger partial charge in [-0.15, -0.1) is 0 Å². The number of alkyl halides is 2. The van der Waals surface area contributed by atoms with Crippen molar-refractivity contribution >= 4 is 46.3 Å². The molecule has 0 saturated carbocycles. The highest BCUT2D eigenvalue weighted by Gasteiger charge is 2.33. The van der Waals surface area contributed by atoms with E-state index in [1.54, 1.807) is 6.07 Å². The van der Waals surface area contributed by atoms with E-state index >= 15 is 0 Å². The standard InChI is InChI=1S/C14H11F2NO5S2/c1-21-8-3-2-7(4-9(8)22-13(15)16)5-10-12(20)17(6-11(18)19)14(23)24-10/h2-5,13H,6H2,1H3,(H,18,19)/b10-5-. The number of carboxylic acid groups (broad SMARTS) is 1. The molecule has 1 N–H and O–H groups in total. The van der Waals surface area contributed by atoms with Gasteiger partial charge in [0, 0.05) is 0 Å². The van der Waals surface area contributed by atoms with Crippen molar-refractivity contribution in [3.8, 4) is 11.5 Å². The molecule has 0 bridgehead atoms. The van der Waals surface area contributed by atoms with Crippen LogP contribution in [0.5, 0.6) is 11.5 Å². The molecule has 2 rings (SSSR count). The van der Waals surface area contributed by atoms with Gasteiger partial charge >= 0.3 is 12.6 Å². The number of aliphatic carboxylic acids is 1. The van der Waals surface area contributed by atoms with Gasteiger partial charge in [-0.05, 0) is 23.8 Å². The first-order valence-corrected chi connectivity index (χ1v) is 7.64. The molecule has 0 aliphatic carbocycles. The number of hydrogen-bond acceptors (Lipinski definition) is 6. The molecule has 1 fully saturated rings. The molecule has 1 aliphatic rings. The summed E-state index contributed by atoms with van der Waals surface area (Å²) in [5, 5.41) is 8.78. The summed E-state index contributed by atoms with van der Waals surface area (Å²) in [6.07, 6.45) is 1.42. The first-order valence-electron chi connectivity index (χ1n) is 6.42. The minimum absolute atomic E-state index is 0.117. The molecule has 0 unspecified atom stereocenters. The third-order valence-electron chi connectivity index (χ3n) is 2.87. The zero-order valence-electron chi connectivity index (χ0n) is 12.2. The van der Waals surface area contributed by atoms with Crippen molar-refractivity contribution in [1.29, 1.82) is 0 Å². The van der Waals surface area contributed by atoms with Crippen molar-refractivity contribution in [2.24, 2.45) is 0 Å². The normalized spacial score (nSPS) is 16.2. The highest BCUT2D eigenvalue weighted by Crippen LogP contribution is 2.35. The molecule has 1 saturated heterocycles. The number of thiocarbonyl (C=S) groups is 1. The summed E-state index contributed by atoms with van der Waals surface area (Å²) in [4.78, 5) is 24.0. The molecule has 6 nitrogen and oxygen atoms in total. The average molecular weight is 375 g/mol. The fraction of sp³-hybridized carbons (Fsp3) is 0.214. The number of benzene rings is 1. The van der Waals surface area contributed by atoms with Crippen LogP contribution in [0.1, 0.15) is 5.56 Å². The molecular formula is C14H11F2NO5S2. The van der Waals surface area contributed by atoms with Gasteiger partial charge < -0.3 is 14.6 Å². The number of carbonyl (C=O) groups excluding carboxylic acids is 1. The lowest BCUT2D eigenvalue weighted by molar-refractivity contribution is -0.140. The van der Waals surface area contributed by atoms with Gasteiger partial charge in [-0.1, -0.05) is 30.0 Å². The number of thioether (sulfide) groups is 1. The van der Waals surface area contributed by atoms with Crippen LogP contribution in [-0.2, 0) is 9.59 Å². The highest BCUT2D eigenvalue weighted by atomic mass is 32.2. The lowest BCUT2D eigenvalue weighted by Crippen LogP contribution is -2.33. The van der Waals surface area contributed by atoms with Crippen molar-refractivity contribution in [2.45, 2.75) is 6.61 Å². The topological polar surface area (TPSA) is 76.1 Å². The Hall–Kier alpha value is -2.20. The summed E-state index contributed by atoms with van der Waals surface area (Å²) in [6.45, 7) is -3.56. The summed E-state index contributed by atoms with van der Waals surface area (Å²) in [5.41, 5.74) is 0.405. The van der Waals surface area contributed by atoms with Gasteiger partial charge in [-0.3, -0.25) is 14.5 Å². The minimum atomic E-state index is -3.03. The number of rotatable bonds is 6. The number of carboxylic acids is 1. The second-order valence-electron chi connectivity index (χ2n) is 4.45. The van der Waals surface area contributed by atoms with Gasteiger partial charge in [0.05, 0.1) is 12.0 Å². The maximum atomic E-state index is 12.4. The molecule has 1 amide bonds. The molecule has 10 heteroatoms. The van der Waals surface area contributed by atoms with Crippen LogP contribution in [0.3, 0.4) is 0 Å². The van der Waals surface area contributed by atoms with E-state index < -0.39 is 25.0 Å². The van der Waals surface area contributed by atoms with Gasteiger partial charge in [0.25, 0.3) is 5.91 Å². The molecule has 24 heavy (non-hydrogen) atoms. The summed E-state index contributed by atoms with van der Waals surface area (Å²) in [7, 11) is 1.31. The summed E-state index contributed by atoms with van der Waals surface area (Å²) >= 11 is 5.91. The van der Waals surface area contributed by atoms with E-state index in [1.165, 1.54) is 25.3 Å². The Bertz CT molecular complexity index is 723. The fourth-order valence-corrected chi connectivity index (χ4v) is 3.15. The number of halogens is 2. The number of carbonyl (C=O) groups is 2. The van der Waals surface area contributed by atoms with Crippen LogP contribution in [-0.4, -0.2) is 46.5 Å². The van der Waals surface area contributed by atoms with E-state index in [0.29, 0.717) is 5.56 Å². The molecule has 128 valence electrons. The number of nitrogens with zero attached hydrogens (tertiary/aromatic N) is 1. The quantitative estimate of drug-likeness (QED) is 0.605. The predicted molar refractivity (Wildman–Crippen MR) is 87.1 cm³/mol. The van der Waals surface area contributed by atoms with Crippen molar-refractivity contribution in [2.75, 3.05) is 13.7 Å². The molecule has 0 aromatic heterocycles. The van der Waals surface area contributed by atoms with Gasteiger partial charge in [0.2, 0.25) is 0 Å². The lowest BCUT2D eigenvalue weighted by atomic mass is 10.2. The Morgan fingerprint density at radius 2 is 2.17 bits per heavy atom. The van der Waals surface area contributed by atoms with Gasteiger partial charge in [-0.2, -0.15) is 8.78 Å². The second-order valence-corrected chi connectivity index (χ2v) is 6.13. The smallest absolute Gasteiger partial charge is 0.387 e. The molecule has 1 aromatic carbocycles. The van der Waals surface area contributed by atoms with Crippen LogP contribution in [0.25, 0.3) is 6.08 Å². The predicted octanol–water partition coefficient (Wildman–Crippen LogP) is 2.58. The van der Waals surface area contributed by atoms with Crippen LogP contribution in [0.4, 0.5) is 8.78 Å². The monoisotopic (exact) mass is 375 g/mol. The minimum Gasteiger partial charge on any atom is -0.493 e. The Balaban J connectivity index is 2.29. The summed E-state index contributed by atoms with van der Waals surface area (Å²) in [6, 6.07) is 4.25. The van der Waals surface area contributed by atoms with Crippen LogP contribution in [0, 0.1) is 0 Å². The molecule has 1 aromatic rings. The SMILES string of the molecule is COc1ccc(/C=C2\SC(=S)N(CC(=O)O)C2=O)cc1OC(F)F. The van der Waals surface area contributed by atoms with Gasteiger partial charge in [-0.25, -0.2) is 0 Å². The van der Waals surface area contributed by atoms with Crippen LogP contribution < -0.4 is 9.47 Å². The summed E-state index contributed by atoms with van der Waals surface area (Å²) < 4.78 is 34.3. The number of methoxy groups -OCH3 is 1. The molecule has 0 spiro atoms. The third-order valence-corrected chi connectivity index (χ3v) is 4.25. The van der Waals surface area contributed by atoms with Gasteiger partial charge in [0.15, 0.2) is 11.5 Å². The van der Waals surface area contributed by atoms with E-state index in [1.807, 2.05) is 0 Å². The highest BCUT2D eigenvalue weighted by molar-refractivity contribution is 8.26. The van der Waals surface area contributed by atoms with Crippen LogP contribution >= 0.6 is 24.0 Å². The fourth-order valence-electron chi connectivity index (χ4n) is 1.89. The van der Waals surface area contributed by atoms with E-state index in [-0.39, 0.29) is 20.7 Å². The zero-order valence-corrected chi connectivity index (χ0v) is 13.8. The number of ether oxygens (including phenoxy) is 2. The van der Waals surface area contributed by atoms with Crippen molar-refractivity contribution < 1.29 is 33.0 Å². The first-order chi connectivity index (χ1) is 11.3. The summed E-state index contributed by atoms with van der Waals surface area (Å²) in [5.74, 6) is -1.81. The van der Waals surface area contributed by atoms with E-state index in [9.17, 15) is 18.4 Å². The average Bonchev–Trinajstić information content (AvgIpc) is 2.74. The van der Waals surface area contributed by atoms with Gasteiger partial charge in [0.1, 0.15) is 10.9 Å². The van der Waals surface area contributed by atoms with Crippen molar-refractivity contribution in [3.05, 3.63) is 28.7 Å². The van der Waals surface area contributed by atoms with Crippen molar-refractivity contribution in [1.82, 2.24) is 4.90 Å². The third kappa shape index (κ3) is 4.20. The molecule has 0 atom stereocenters.